The molecule has 1 aliphatic rings. The Morgan fingerprint density at radius 3 is 2.17 bits per heavy atom. The molecule has 0 unspecified atom stereocenters. The molecule has 0 N–H and O–H groups in total. The zero-order valence-electron chi connectivity index (χ0n) is 19.4. The molecule has 35 heavy (non-hydrogen) atoms. The van der Waals surface area contributed by atoms with E-state index < -0.39 is 17.7 Å². The standard InChI is InChI=1S/C25H28ClF3N2O4/c1-34-24(33)11-10-23(32)31-14-12-30(13-15-31)16-22(19-4-8-21(26)9-5-19)35-17-18-2-6-20(7-3-18)25(27,28)29/h2-9,22H,10-17H2,1H3/t22-/m0/s1. The number of piperazine rings is 1. The molecule has 1 aliphatic heterocycles. The van der Waals surface area contributed by atoms with Gasteiger partial charge in [0.2, 0.25) is 5.91 Å². The van der Waals surface area contributed by atoms with Crippen molar-refractivity contribution in [3.8, 4) is 0 Å². The van der Waals surface area contributed by atoms with Crippen molar-refractivity contribution < 1.29 is 32.2 Å². The van der Waals surface area contributed by atoms with Crippen molar-refractivity contribution in [3.05, 3.63) is 70.2 Å². The molecule has 2 aromatic rings. The minimum atomic E-state index is -4.38. The van der Waals surface area contributed by atoms with Crippen LogP contribution in [0, 0.1) is 0 Å². The lowest BCUT2D eigenvalue weighted by Crippen LogP contribution is -2.49. The third-order valence-electron chi connectivity index (χ3n) is 5.89. The average molecular weight is 513 g/mol. The Hall–Kier alpha value is -2.62. The van der Waals surface area contributed by atoms with Crippen molar-refractivity contribution in [2.75, 3.05) is 39.8 Å². The van der Waals surface area contributed by atoms with Gasteiger partial charge in [-0.3, -0.25) is 14.5 Å². The Balaban J connectivity index is 1.58. The van der Waals surface area contributed by atoms with Crippen LogP contribution in [0.15, 0.2) is 48.5 Å². The topological polar surface area (TPSA) is 59.1 Å². The van der Waals surface area contributed by atoms with Gasteiger partial charge in [0, 0.05) is 44.2 Å². The van der Waals surface area contributed by atoms with Gasteiger partial charge in [-0.05, 0) is 35.4 Å². The zero-order valence-corrected chi connectivity index (χ0v) is 20.1. The fourth-order valence-electron chi connectivity index (χ4n) is 3.80. The predicted molar refractivity (Wildman–Crippen MR) is 125 cm³/mol. The number of alkyl halides is 3. The highest BCUT2D eigenvalue weighted by Gasteiger charge is 2.30. The van der Waals surface area contributed by atoms with Crippen molar-refractivity contribution >= 4 is 23.5 Å². The van der Waals surface area contributed by atoms with E-state index in [9.17, 15) is 22.8 Å². The van der Waals surface area contributed by atoms with Crippen LogP contribution in [0.25, 0.3) is 0 Å². The Morgan fingerprint density at radius 2 is 1.60 bits per heavy atom. The number of carbonyl (C=O) groups is 2. The molecule has 6 nitrogen and oxygen atoms in total. The van der Waals surface area contributed by atoms with Crippen LogP contribution in [0.4, 0.5) is 13.2 Å². The SMILES string of the molecule is COC(=O)CCC(=O)N1CCN(C[C@H](OCc2ccc(C(F)(F)F)cc2)c2ccc(Cl)cc2)CC1. The lowest BCUT2D eigenvalue weighted by Gasteiger charge is -2.36. The predicted octanol–water partition coefficient (Wildman–Crippen LogP) is 4.71. The third kappa shape index (κ3) is 8.23. The summed E-state index contributed by atoms with van der Waals surface area (Å²) in [7, 11) is 1.29. The van der Waals surface area contributed by atoms with Gasteiger partial charge in [-0.25, -0.2) is 0 Å². The first kappa shape index (κ1) is 27.0. The van der Waals surface area contributed by atoms with E-state index in [1.807, 2.05) is 12.1 Å². The maximum Gasteiger partial charge on any atom is 0.416 e. The Bertz CT molecular complexity index is 976. The zero-order chi connectivity index (χ0) is 25.4. The number of nitrogens with zero attached hydrogens (tertiary/aromatic N) is 2. The van der Waals surface area contributed by atoms with Crippen molar-refractivity contribution in [1.29, 1.82) is 0 Å². The number of carbonyl (C=O) groups excluding carboxylic acids is 2. The smallest absolute Gasteiger partial charge is 0.416 e. The van der Waals surface area contributed by atoms with Gasteiger partial charge < -0.3 is 14.4 Å². The van der Waals surface area contributed by atoms with Crippen LogP contribution in [0.5, 0.6) is 0 Å². The summed E-state index contributed by atoms with van der Waals surface area (Å²) in [5.41, 5.74) is 0.838. The summed E-state index contributed by atoms with van der Waals surface area (Å²) in [4.78, 5) is 27.5. The molecule has 0 spiro atoms. The number of hydrogen-bond donors (Lipinski definition) is 0. The summed E-state index contributed by atoms with van der Waals surface area (Å²) in [6, 6.07) is 12.2. The van der Waals surface area contributed by atoms with Crippen molar-refractivity contribution in [3.63, 3.8) is 0 Å². The van der Waals surface area contributed by atoms with E-state index in [1.54, 1.807) is 17.0 Å². The summed E-state index contributed by atoms with van der Waals surface area (Å²) >= 11 is 6.02. The summed E-state index contributed by atoms with van der Waals surface area (Å²) in [5, 5.41) is 0.592. The second-order valence-corrected chi connectivity index (χ2v) is 8.74. The summed E-state index contributed by atoms with van der Waals surface area (Å²) in [5.74, 6) is -0.490. The van der Waals surface area contributed by atoms with Crippen LogP contribution < -0.4 is 0 Å². The van der Waals surface area contributed by atoms with Gasteiger partial charge in [0.15, 0.2) is 0 Å². The van der Waals surface area contributed by atoms with Gasteiger partial charge in [0.25, 0.3) is 0 Å². The monoisotopic (exact) mass is 512 g/mol. The van der Waals surface area contributed by atoms with Crippen LogP contribution in [0.2, 0.25) is 5.02 Å². The van der Waals surface area contributed by atoms with Crippen LogP contribution >= 0.6 is 11.6 Å². The molecular weight excluding hydrogens is 485 g/mol. The molecule has 1 fully saturated rings. The van der Waals surface area contributed by atoms with E-state index in [0.29, 0.717) is 43.3 Å². The quantitative estimate of drug-likeness (QED) is 0.455. The van der Waals surface area contributed by atoms with Gasteiger partial charge in [0.1, 0.15) is 0 Å². The number of amides is 1. The fraction of sp³-hybridized carbons (Fsp3) is 0.440. The molecule has 2 aromatic carbocycles. The van der Waals surface area contributed by atoms with Gasteiger partial charge in [-0.15, -0.1) is 0 Å². The van der Waals surface area contributed by atoms with E-state index in [1.165, 1.54) is 19.2 Å². The highest BCUT2D eigenvalue weighted by atomic mass is 35.5. The molecule has 1 amide bonds. The number of methoxy groups -OCH3 is 1. The normalized spacial score (nSPS) is 15.6. The molecule has 0 aromatic heterocycles. The second-order valence-electron chi connectivity index (χ2n) is 8.30. The van der Waals surface area contributed by atoms with Crippen LogP contribution in [-0.2, 0) is 31.8 Å². The maximum absolute atomic E-state index is 12.8. The lowest BCUT2D eigenvalue weighted by molar-refractivity contribution is -0.144. The molecule has 0 saturated carbocycles. The molecule has 10 heteroatoms. The number of esters is 1. The molecule has 1 atom stereocenters. The number of ether oxygens (including phenoxy) is 2. The van der Waals surface area contributed by atoms with Crippen LogP contribution in [0.1, 0.15) is 35.6 Å². The van der Waals surface area contributed by atoms with Gasteiger partial charge in [-0.1, -0.05) is 35.9 Å². The van der Waals surface area contributed by atoms with Crippen LogP contribution in [0.3, 0.4) is 0 Å². The first-order chi connectivity index (χ1) is 16.7. The highest BCUT2D eigenvalue weighted by molar-refractivity contribution is 6.30. The Morgan fingerprint density at radius 1 is 0.971 bits per heavy atom. The number of hydrogen-bond acceptors (Lipinski definition) is 5. The van der Waals surface area contributed by atoms with Crippen molar-refractivity contribution in [1.82, 2.24) is 9.80 Å². The minimum absolute atomic E-state index is 0.0615. The molecule has 0 aliphatic carbocycles. The lowest BCUT2D eigenvalue weighted by atomic mass is 10.1. The Kier molecular flexibility index (Phi) is 9.54. The second kappa shape index (κ2) is 12.4. The molecule has 3 rings (SSSR count). The van der Waals surface area contributed by atoms with Gasteiger partial charge >= 0.3 is 12.1 Å². The van der Waals surface area contributed by atoms with E-state index in [-0.39, 0.29) is 31.5 Å². The average Bonchev–Trinajstić information content (AvgIpc) is 2.85. The maximum atomic E-state index is 12.8. The molecular formula is C25H28ClF3N2O4. The van der Waals surface area contributed by atoms with Crippen LogP contribution in [-0.4, -0.2) is 61.5 Å². The summed E-state index contributed by atoms with van der Waals surface area (Å²) in [6.07, 6.45) is -4.53. The van der Waals surface area contributed by atoms with E-state index in [2.05, 4.69) is 9.64 Å². The number of benzene rings is 2. The van der Waals surface area contributed by atoms with Gasteiger partial charge in [0.05, 0.1) is 31.8 Å². The molecule has 0 radical (unpaired) electrons. The first-order valence-corrected chi connectivity index (χ1v) is 11.6. The molecule has 1 heterocycles. The summed E-state index contributed by atoms with van der Waals surface area (Å²) < 4.78 is 49.2. The molecule has 0 bridgehead atoms. The van der Waals surface area contributed by atoms with Crippen molar-refractivity contribution in [2.45, 2.75) is 31.7 Å². The third-order valence-corrected chi connectivity index (χ3v) is 6.15. The number of halogens is 4. The first-order valence-electron chi connectivity index (χ1n) is 11.3. The molecule has 190 valence electrons. The largest absolute Gasteiger partial charge is 0.469 e. The van der Waals surface area contributed by atoms with E-state index in [0.717, 1.165) is 17.7 Å². The van der Waals surface area contributed by atoms with E-state index in [4.69, 9.17) is 16.3 Å². The minimum Gasteiger partial charge on any atom is -0.469 e. The fourth-order valence-corrected chi connectivity index (χ4v) is 3.93. The van der Waals surface area contributed by atoms with Gasteiger partial charge in [-0.2, -0.15) is 13.2 Å². The summed E-state index contributed by atoms with van der Waals surface area (Å²) in [6.45, 7) is 3.04. The van der Waals surface area contributed by atoms with Crippen molar-refractivity contribution in [2.24, 2.45) is 0 Å². The Labute approximate surface area is 207 Å². The highest BCUT2D eigenvalue weighted by Crippen LogP contribution is 2.30. The molecule has 1 saturated heterocycles. The number of rotatable bonds is 9. The van der Waals surface area contributed by atoms with E-state index >= 15 is 0 Å².